The third-order valence-corrected chi connectivity index (χ3v) is 3.00. The molecular weight excluding hydrogens is 194 g/mol. The molecule has 15 heavy (non-hydrogen) atoms. The zero-order valence-electron chi connectivity index (χ0n) is 9.79. The van der Waals surface area contributed by atoms with E-state index >= 15 is 0 Å². The number of carbonyl (C=O) groups is 1. The monoisotopic (exact) mass is 213 g/mol. The normalized spacial score (nSPS) is 39.5. The summed E-state index contributed by atoms with van der Waals surface area (Å²) in [6.07, 6.45) is 0. The Balaban J connectivity index is 1.99. The van der Waals surface area contributed by atoms with E-state index in [1.54, 1.807) is 0 Å². The van der Waals surface area contributed by atoms with Gasteiger partial charge in [-0.25, -0.2) is 0 Å². The number of rotatable bonds is 1. The van der Waals surface area contributed by atoms with Crippen LogP contribution < -0.4 is 5.32 Å². The van der Waals surface area contributed by atoms with E-state index in [9.17, 15) is 4.79 Å². The van der Waals surface area contributed by atoms with E-state index in [2.05, 4.69) is 5.32 Å². The van der Waals surface area contributed by atoms with Crippen LogP contribution in [0.3, 0.4) is 0 Å². The maximum absolute atomic E-state index is 11.9. The van der Waals surface area contributed by atoms with Crippen LogP contribution in [0.5, 0.6) is 0 Å². The Labute approximate surface area is 90.3 Å². The van der Waals surface area contributed by atoms with E-state index in [1.165, 1.54) is 0 Å². The van der Waals surface area contributed by atoms with Crippen LogP contribution in [0.1, 0.15) is 27.7 Å². The first kappa shape index (κ1) is 10.9. The van der Waals surface area contributed by atoms with E-state index in [-0.39, 0.29) is 23.5 Å². The first-order valence-corrected chi connectivity index (χ1v) is 5.45. The number of morpholine rings is 1. The van der Waals surface area contributed by atoms with Crippen molar-refractivity contribution in [3.05, 3.63) is 0 Å². The lowest BCUT2D eigenvalue weighted by Gasteiger charge is -2.20. The van der Waals surface area contributed by atoms with Gasteiger partial charge in [-0.15, -0.1) is 0 Å². The Kier molecular flexibility index (Phi) is 2.32. The fraction of sp³-hybridized carbons (Fsp3) is 0.909. The average molecular weight is 213 g/mol. The largest absolute Gasteiger partial charge is 0.460 e. The highest BCUT2D eigenvalue weighted by Crippen LogP contribution is 2.49. The number of esters is 1. The second kappa shape index (κ2) is 3.19. The van der Waals surface area contributed by atoms with Crippen molar-refractivity contribution < 1.29 is 14.3 Å². The summed E-state index contributed by atoms with van der Waals surface area (Å²) in [6.45, 7) is 9.11. The molecule has 3 unspecified atom stereocenters. The molecule has 0 aromatic rings. The molecule has 1 saturated heterocycles. The molecule has 2 aliphatic rings. The molecule has 4 heteroatoms. The van der Waals surface area contributed by atoms with Crippen LogP contribution in [0, 0.1) is 5.92 Å². The zero-order valence-corrected chi connectivity index (χ0v) is 9.79. The summed E-state index contributed by atoms with van der Waals surface area (Å²) in [4.78, 5) is 11.9. The van der Waals surface area contributed by atoms with Gasteiger partial charge >= 0.3 is 5.97 Å². The SMILES string of the molecule is CC(C)(C)OC(=O)C1C2NCCOC21C. The highest BCUT2D eigenvalue weighted by molar-refractivity contribution is 5.80. The van der Waals surface area contributed by atoms with E-state index in [4.69, 9.17) is 9.47 Å². The molecule has 2 rings (SSSR count). The van der Waals surface area contributed by atoms with Crippen LogP contribution in [-0.2, 0) is 14.3 Å². The lowest BCUT2D eigenvalue weighted by atomic mass is 10.2. The molecule has 0 aromatic heterocycles. The van der Waals surface area contributed by atoms with Gasteiger partial charge in [0.15, 0.2) is 0 Å². The molecule has 1 N–H and O–H groups in total. The van der Waals surface area contributed by atoms with Gasteiger partial charge in [0.1, 0.15) is 11.5 Å². The number of nitrogens with one attached hydrogen (secondary N) is 1. The molecule has 1 heterocycles. The zero-order chi connectivity index (χ0) is 11.3. The van der Waals surface area contributed by atoms with Gasteiger partial charge in [-0.2, -0.15) is 0 Å². The minimum atomic E-state index is -0.417. The summed E-state index contributed by atoms with van der Waals surface area (Å²) >= 11 is 0. The maximum atomic E-state index is 11.9. The topological polar surface area (TPSA) is 47.6 Å². The van der Waals surface area contributed by atoms with Gasteiger partial charge in [0.25, 0.3) is 0 Å². The quantitative estimate of drug-likeness (QED) is 0.651. The van der Waals surface area contributed by atoms with Gasteiger partial charge in [-0.05, 0) is 27.7 Å². The van der Waals surface area contributed by atoms with E-state index in [0.717, 1.165) is 6.54 Å². The van der Waals surface area contributed by atoms with Crippen molar-refractivity contribution in [3.63, 3.8) is 0 Å². The molecule has 0 amide bonds. The molecule has 4 nitrogen and oxygen atoms in total. The molecule has 86 valence electrons. The Morgan fingerprint density at radius 3 is 2.67 bits per heavy atom. The van der Waals surface area contributed by atoms with Crippen LogP contribution in [0.2, 0.25) is 0 Å². The van der Waals surface area contributed by atoms with E-state index in [1.807, 2.05) is 27.7 Å². The number of carbonyl (C=O) groups excluding carboxylic acids is 1. The number of hydrogen-bond acceptors (Lipinski definition) is 4. The van der Waals surface area contributed by atoms with E-state index in [0.29, 0.717) is 6.61 Å². The van der Waals surface area contributed by atoms with Crippen molar-refractivity contribution in [2.75, 3.05) is 13.2 Å². The molecule has 0 bridgehead atoms. The maximum Gasteiger partial charge on any atom is 0.314 e. The molecule has 2 fully saturated rings. The van der Waals surface area contributed by atoms with Crippen LogP contribution in [0.4, 0.5) is 0 Å². The third-order valence-electron chi connectivity index (χ3n) is 3.00. The number of fused-ring (bicyclic) bond motifs is 1. The van der Waals surface area contributed by atoms with E-state index < -0.39 is 5.60 Å². The number of hydrogen-bond donors (Lipinski definition) is 1. The predicted octanol–water partition coefficient (Wildman–Crippen LogP) is 0.705. The van der Waals surface area contributed by atoms with Gasteiger partial charge in [0.2, 0.25) is 0 Å². The Bertz CT molecular complexity index is 284. The summed E-state index contributed by atoms with van der Waals surface area (Å²) in [5.41, 5.74) is -0.750. The summed E-state index contributed by atoms with van der Waals surface area (Å²) in [5, 5.41) is 3.29. The fourth-order valence-corrected chi connectivity index (χ4v) is 2.21. The lowest BCUT2D eigenvalue weighted by molar-refractivity contribution is -0.158. The van der Waals surface area contributed by atoms with Crippen LogP contribution in [-0.4, -0.2) is 36.4 Å². The highest BCUT2D eigenvalue weighted by atomic mass is 16.6. The summed E-state index contributed by atoms with van der Waals surface area (Å²) in [5.74, 6) is -0.288. The summed E-state index contributed by atoms with van der Waals surface area (Å²) in [7, 11) is 0. The first-order chi connectivity index (χ1) is 6.84. The van der Waals surface area contributed by atoms with Crippen molar-refractivity contribution in [1.29, 1.82) is 0 Å². The Morgan fingerprint density at radius 2 is 2.20 bits per heavy atom. The summed E-state index contributed by atoms with van der Waals surface area (Å²) < 4.78 is 11.0. The smallest absolute Gasteiger partial charge is 0.314 e. The van der Waals surface area contributed by atoms with Gasteiger partial charge in [0, 0.05) is 6.54 Å². The third kappa shape index (κ3) is 1.88. The van der Waals surface area contributed by atoms with Crippen molar-refractivity contribution in [3.8, 4) is 0 Å². The minimum absolute atomic E-state index is 0.140. The fourth-order valence-electron chi connectivity index (χ4n) is 2.21. The van der Waals surface area contributed by atoms with Gasteiger partial charge in [-0.1, -0.05) is 0 Å². The molecular formula is C11H19NO3. The second-order valence-electron chi connectivity index (χ2n) is 5.48. The van der Waals surface area contributed by atoms with Crippen molar-refractivity contribution in [1.82, 2.24) is 5.32 Å². The molecule has 0 radical (unpaired) electrons. The summed E-state index contributed by atoms with van der Waals surface area (Å²) in [6, 6.07) is 0.140. The Hall–Kier alpha value is -0.610. The van der Waals surface area contributed by atoms with Crippen molar-refractivity contribution in [2.45, 2.75) is 44.9 Å². The van der Waals surface area contributed by atoms with Gasteiger partial charge in [0.05, 0.1) is 18.2 Å². The van der Waals surface area contributed by atoms with Gasteiger partial charge < -0.3 is 14.8 Å². The molecule has 3 atom stereocenters. The molecule has 1 aliphatic heterocycles. The average Bonchev–Trinajstić information content (AvgIpc) is 2.67. The molecule has 0 spiro atoms. The first-order valence-electron chi connectivity index (χ1n) is 5.45. The second-order valence-corrected chi connectivity index (χ2v) is 5.48. The van der Waals surface area contributed by atoms with Crippen molar-refractivity contribution >= 4 is 5.97 Å². The number of ether oxygens (including phenoxy) is 2. The van der Waals surface area contributed by atoms with Gasteiger partial charge in [-0.3, -0.25) is 4.79 Å². The van der Waals surface area contributed by atoms with Crippen LogP contribution in [0.15, 0.2) is 0 Å². The minimum Gasteiger partial charge on any atom is -0.460 e. The molecule has 0 aromatic carbocycles. The van der Waals surface area contributed by atoms with Crippen LogP contribution in [0.25, 0.3) is 0 Å². The van der Waals surface area contributed by atoms with Crippen LogP contribution >= 0.6 is 0 Å². The standard InChI is InChI=1S/C11H19NO3/c1-10(2,3)15-9(13)7-8-11(7,4)14-6-5-12-8/h7-8,12H,5-6H2,1-4H3. The highest BCUT2D eigenvalue weighted by Gasteiger charge is 2.68. The predicted molar refractivity (Wildman–Crippen MR) is 55.5 cm³/mol. The lowest BCUT2D eigenvalue weighted by Crippen LogP contribution is -2.36. The van der Waals surface area contributed by atoms with Crippen molar-refractivity contribution in [2.24, 2.45) is 5.92 Å². The molecule has 1 aliphatic carbocycles. The molecule has 1 saturated carbocycles. The Morgan fingerprint density at radius 1 is 1.53 bits per heavy atom.